The van der Waals surface area contributed by atoms with Crippen LogP contribution in [0.2, 0.25) is 10.0 Å². The molecule has 0 bridgehead atoms. The monoisotopic (exact) mass is 490 g/mol. The highest BCUT2D eigenvalue weighted by Gasteiger charge is 2.21. The lowest BCUT2D eigenvalue weighted by molar-refractivity contribution is 0.0203. The molecule has 1 heterocycles. The summed E-state index contributed by atoms with van der Waals surface area (Å²) in [7, 11) is 0. The van der Waals surface area contributed by atoms with Crippen LogP contribution >= 0.6 is 34.5 Å². The van der Waals surface area contributed by atoms with Crippen LogP contribution in [-0.4, -0.2) is 29.2 Å². The molecule has 0 radical (unpaired) electrons. The van der Waals surface area contributed by atoms with Crippen molar-refractivity contribution in [1.29, 1.82) is 0 Å². The molecule has 0 N–H and O–H groups in total. The summed E-state index contributed by atoms with van der Waals surface area (Å²) >= 11 is 15.0. The fourth-order valence-electron chi connectivity index (χ4n) is 3.61. The van der Waals surface area contributed by atoms with Crippen LogP contribution in [-0.2, 0) is 0 Å². The van der Waals surface area contributed by atoms with Crippen LogP contribution in [0.15, 0.2) is 47.8 Å². The Kier molecular flexibility index (Phi) is 9.86. The number of thiazole rings is 1. The van der Waals surface area contributed by atoms with E-state index >= 15 is 0 Å². The molecule has 0 aliphatic heterocycles. The van der Waals surface area contributed by atoms with Crippen molar-refractivity contribution in [2.45, 2.75) is 59.1 Å². The quantitative estimate of drug-likeness (QED) is 0.237. The average Bonchev–Trinajstić information content (AvgIpc) is 3.30. The second-order valence-electron chi connectivity index (χ2n) is 7.90. The van der Waals surface area contributed by atoms with Crippen molar-refractivity contribution >= 4 is 34.5 Å². The van der Waals surface area contributed by atoms with Crippen molar-refractivity contribution in [3.05, 3.63) is 57.9 Å². The third kappa shape index (κ3) is 6.48. The number of unbranched alkanes of at least 4 members (excludes halogenated alkanes) is 2. The van der Waals surface area contributed by atoms with Gasteiger partial charge in [-0.3, -0.25) is 4.90 Å². The molecule has 0 aliphatic carbocycles. The molecule has 1 unspecified atom stereocenters. The lowest BCUT2D eigenvalue weighted by Crippen LogP contribution is -2.40. The average molecular weight is 492 g/mol. The van der Waals surface area contributed by atoms with E-state index in [0.717, 1.165) is 67.0 Å². The van der Waals surface area contributed by atoms with E-state index in [1.54, 1.807) is 11.3 Å². The maximum atomic E-state index is 6.67. The molecule has 3 rings (SSSR count). The molecule has 0 saturated heterocycles. The van der Waals surface area contributed by atoms with Gasteiger partial charge in [-0.05, 0) is 31.4 Å². The first-order valence-electron chi connectivity index (χ1n) is 11.5. The van der Waals surface area contributed by atoms with Gasteiger partial charge in [-0.2, -0.15) is 0 Å². The zero-order chi connectivity index (χ0) is 22.9. The van der Waals surface area contributed by atoms with Gasteiger partial charge in [0.1, 0.15) is 5.01 Å². The molecule has 172 valence electrons. The second kappa shape index (κ2) is 12.6. The Morgan fingerprint density at radius 1 is 0.938 bits per heavy atom. The number of hydrogen-bond acceptors (Lipinski definition) is 4. The number of rotatable bonds is 12. The van der Waals surface area contributed by atoms with Gasteiger partial charge in [0.2, 0.25) is 0 Å². The van der Waals surface area contributed by atoms with Crippen molar-refractivity contribution in [2.24, 2.45) is 0 Å². The van der Waals surface area contributed by atoms with E-state index in [0.29, 0.717) is 15.8 Å². The second-order valence-corrected chi connectivity index (χ2v) is 9.57. The highest BCUT2D eigenvalue weighted by molar-refractivity contribution is 7.13. The van der Waals surface area contributed by atoms with Crippen LogP contribution < -0.4 is 4.74 Å². The summed E-state index contributed by atoms with van der Waals surface area (Å²) < 4.78 is 6.39. The van der Waals surface area contributed by atoms with Crippen molar-refractivity contribution in [2.75, 3.05) is 13.1 Å². The molecule has 0 fully saturated rings. The topological polar surface area (TPSA) is 25.4 Å². The Labute approximate surface area is 206 Å². The Morgan fingerprint density at radius 3 is 2.12 bits per heavy atom. The van der Waals surface area contributed by atoms with Crippen molar-refractivity contribution in [3.8, 4) is 27.6 Å². The molecule has 0 aliphatic rings. The van der Waals surface area contributed by atoms with Crippen LogP contribution in [0.3, 0.4) is 0 Å². The normalized spacial score (nSPS) is 12.3. The zero-order valence-electron chi connectivity index (χ0n) is 19.1. The van der Waals surface area contributed by atoms with E-state index in [-0.39, 0.29) is 6.23 Å². The SMILES string of the molecule is CCCCN(CCCC)C(CC)Oc1c(Cl)cc(-c2csc(-c3ccccc3)n2)cc1Cl. The predicted octanol–water partition coefficient (Wildman–Crippen LogP) is 8.80. The molecule has 0 spiro atoms. The summed E-state index contributed by atoms with van der Waals surface area (Å²) in [6.45, 7) is 8.61. The molecular formula is C26H32Cl2N2OS. The number of ether oxygens (including phenoxy) is 1. The van der Waals surface area contributed by atoms with E-state index in [2.05, 4.69) is 37.8 Å². The van der Waals surface area contributed by atoms with Crippen LogP contribution in [0.5, 0.6) is 5.75 Å². The van der Waals surface area contributed by atoms with Gasteiger partial charge in [0.25, 0.3) is 0 Å². The van der Waals surface area contributed by atoms with Crippen molar-refractivity contribution in [3.63, 3.8) is 0 Å². The van der Waals surface area contributed by atoms with E-state index in [1.807, 2.05) is 35.7 Å². The lowest BCUT2D eigenvalue weighted by Gasteiger charge is -2.32. The van der Waals surface area contributed by atoms with Crippen LogP contribution in [0.25, 0.3) is 21.8 Å². The summed E-state index contributed by atoms with van der Waals surface area (Å²) in [4.78, 5) is 7.20. The van der Waals surface area contributed by atoms with Crippen molar-refractivity contribution in [1.82, 2.24) is 9.88 Å². The zero-order valence-corrected chi connectivity index (χ0v) is 21.4. The first-order valence-corrected chi connectivity index (χ1v) is 13.1. The maximum absolute atomic E-state index is 6.67. The third-order valence-corrected chi connectivity index (χ3v) is 6.88. The van der Waals surface area contributed by atoms with Gasteiger partial charge in [0, 0.05) is 29.6 Å². The molecule has 0 saturated carbocycles. The van der Waals surface area contributed by atoms with Gasteiger partial charge in [0.15, 0.2) is 12.0 Å². The molecule has 32 heavy (non-hydrogen) atoms. The van der Waals surface area contributed by atoms with Crippen LogP contribution in [0.1, 0.15) is 52.9 Å². The van der Waals surface area contributed by atoms with Crippen LogP contribution in [0.4, 0.5) is 0 Å². The van der Waals surface area contributed by atoms with Gasteiger partial charge >= 0.3 is 0 Å². The molecule has 3 aromatic rings. The minimum atomic E-state index is -0.0436. The Morgan fingerprint density at radius 2 is 1.56 bits per heavy atom. The maximum Gasteiger partial charge on any atom is 0.158 e. The summed E-state index contributed by atoms with van der Waals surface area (Å²) in [6, 6.07) is 14.0. The number of benzene rings is 2. The summed E-state index contributed by atoms with van der Waals surface area (Å²) in [5.41, 5.74) is 2.86. The fourth-order valence-corrected chi connectivity index (χ4v) is 5.03. The fraction of sp³-hybridized carbons (Fsp3) is 0.423. The highest BCUT2D eigenvalue weighted by atomic mass is 35.5. The largest absolute Gasteiger partial charge is 0.472 e. The Bertz CT molecular complexity index is 946. The molecule has 0 amide bonds. The molecule has 1 aromatic heterocycles. The van der Waals surface area contributed by atoms with Crippen LogP contribution in [0, 0.1) is 0 Å². The number of aromatic nitrogens is 1. The smallest absolute Gasteiger partial charge is 0.158 e. The number of nitrogens with zero attached hydrogens (tertiary/aromatic N) is 2. The van der Waals surface area contributed by atoms with Gasteiger partial charge in [-0.25, -0.2) is 4.98 Å². The Hall–Kier alpha value is -1.59. The van der Waals surface area contributed by atoms with Gasteiger partial charge in [0.05, 0.1) is 15.7 Å². The first kappa shape index (κ1) is 25.0. The lowest BCUT2D eigenvalue weighted by atomic mass is 10.1. The third-order valence-electron chi connectivity index (χ3n) is 5.43. The standard InChI is InChI=1S/C26H32Cl2N2OS/c1-4-7-14-30(15-8-5-2)24(6-3)31-25-21(27)16-20(17-22(25)28)23-18-32-26(29-23)19-12-10-9-11-13-19/h9-13,16-18,24H,4-8,14-15H2,1-3H3. The summed E-state index contributed by atoms with van der Waals surface area (Å²) in [5, 5.41) is 4.05. The van der Waals surface area contributed by atoms with E-state index < -0.39 is 0 Å². The number of halogens is 2. The summed E-state index contributed by atoms with van der Waals surface area (Å²) in [6.07, 6.45) is 5.45. The molecular weight excluding hydrogens is 459 g/mol. The van der Waals surface area contributed by atoms with Gasteiger partial charge in [-0.1, -0.05) is 87.1 Å². The summed E-state index contributed by atoms with van der Waals surface area (Å²) in [5.74, 6) is 0.556. The predicted molar refractivity (Wildman–Crippen MR) is 139 cm³/mol. The van der Waals surface area contributed by atoms with Crippen molar-refractivity contribution < 1.29 is 4.74 Å². The minimum absolute atomic E-state index is 0.0436. The van der Waals surface area contributed by atoms with E-state index in [9.17, 15) is 0 Å². The number of hydrogen-bond donors (Lipinski definition) is 0. The van der Waals surface area contributed by atoms with Gasteiger partial charge < -0.3 is 4.74 Å². The van der Waals surface area contributed by atoms with Gasteiger partial charge in [-0.15, -0.1) is 11.3 Å². The molecule has 3 nitrogen and oxygen atoms in total. The minimum Gasteiger partial charge on any atom is -0.472 e. The molecule has 1 atom stereocenters. The highest BCUT2D eigenvalue weighted by Crippen LogP contribution is 2.39. The Balaban J connectivity index is 1.81. The molecule has 2 aromatic carbocycles. The first-order chi connectivity index (χ1) is 15.6. The molecule has 6 heteroatoms. The van der Waals surface area contributed by atoms with E-state index in [1.165, 1.54) is 0 Å². The van der Waals surface area contributed by atoms with E-state index in [4.69, 9.17) is 32.9 Å².